The first kappa shape index (κ1) is 8.67. The van der Waals surface area contributed by atoms with Crippen molar-refractivity contribution in [2.24, 2.45) is 11.8 Å². The fourth-order valence-electron chi connectivity index (χ4n) is 0.634. The zero-order valence-corrected chi connectivity index (χ0v) is 6.39. The van der Waals surface area contributed by atoms with Gasteiger partial charge in [0, 0.05) is 0 Å². The zero-order valence-electron chi connectivity index (χ0n) is 6.39. The summed E-state index contributed by atoms with van der Waals surface area (Å²) in [6.45, 7) is 5.70. The van der Waals surface area contributed by atoms with Crippen LogP contribution in [0.25, 0.3) is 0 Å². The Morgan fingerprint density at radius 2 is 2.00 bits per heavy atom. The molecule has 0 heterocycles. The molecule has 0 N–H and O–H groups in total. The van der Waals surface area contributed by atoms with Gasteiger partial charge in [0.2, 0.25) is 0 Å². The van der Waals surface area contributed by atoms with Gasteiger partial charge in [-0.3, -0.25) is 4.39 Å². The van der Waals surface area contributed by atoms with Gasteiger partial charge in [-0.2, -0.15) is 0 Å². The quantitative estimate of drug-likeness (QED) is 0.515. The second kappa shape index (κ2) is 4.54. The van der Waals surface area contributed by atoms with E-state index in [1.165, 1.54) is 0 Å². The van der Waals surface area contributed by atoms with E-state index in [0.717, 1.165) is 0 Å². The van der Waals surface area contributed by atoms with Crippen LogP contribution < -0.4 is 0 Å². The van der Waals surface area contributed by atoms with Gasteiger partial charge in [-0.05, 0) is 18.8 Å². The SMILES string of the molecule is C/C=C/[C@H](C)[C@H](C)CF. The Hall–Kier alpha value is -0.330. The van der Waals surface area contributed by atoms with E-state index < -0.39 is 0 Å². The summed E-state index contributed by atoms with van der Waals surface area (Å²) in [6, 6.07) is 0. The average molecular weight is 130 g/mol. The molecule has 0 nitrogen and oxygen atoms in total. The van der Waals surface area contributed by atoms with Crippen molar-refractivity contribution in [3.8, 4) is 0 Å². The Morgan fingerprint density at radius 1 is 1.44 bits per heavy atom. The lowest BCUT2D eigenvalue weighted by Gasteiger charge is -2.10. The normalized spacial score (nSPS) is 18.2. The molecule has 9 heavy (non-hydrogen) atoms. The number of hydrogen-bond donors (Lipinski definition) is 0. The van der Waals surface area contributed by atoms with Crippen LogP contribution in [-0.2, 0) is 0 Å². The maximum absolute atomic E-state index is 11.9. The molecule has 0 amide bonds. The van der Waals surface area contributed by atoms with Gasteiger partial charge in [0.05, 0.1) is 6.67 Å². The van der Waals surface area contributed by atoms with Crippen LogP contribution in [0.2, 0.25) is 0 Å². The average Bonchev–Trinajstić information content (AvgIpc) is 1.87. The highest BCUT2D eigenvalue weighted by Gasteiger charge is 2.06. The molecule has 0 aliphatic rings. The molecule has 0 aromatic heterocycles. The van der Waals surface area contributed by atoms with Crippen LogP contribution >= 0.6 is 0 Å². The van der Waals surface area contributed by atoms with E-state index in [9.17, 15) is 4.39 Å². The topological polar surface area (TPSA) is 0 Å². The first-order chi connectivity index (χ1) is 4.22. The summed E-state index contributed by atoms with van der Waals surface area (Å²) >= 11 is 0. The van der Waals surface area contributed by atoms with E-state index in [1.807, 2.05) is 32.9 Å². The highest BCUT2D eigenvalue weighted by atomic mass is 19.1. The third-order valence-electron chi connectivity index (χ3n) is 1.64. The van der Waals surface area contributed by atoms with Crippen LogP contribution in [0, 0.1) is 11.8 Å². The fourth-order valence-corrected chi connectivity index (χ4v) is 0.634. The smallest absolute Gasteiger partial charge is 0.0925 e. The number of alkyl halides is 1. The van der Waals surface area contributed by atoms with Crippen molar-refractivity contribution in [2.45, 2.75) is 20.8 Å². The Bertz CT molecular complexity index is 86.6. The highest BCUT2D eigenvalue weighted by Crippen LogP contribution is 2.11. The predicted molar refractivity (Wildman–Crippen MR) is 39.1 cm³/mol. The molecule has 0 aliphatic heterocycles. The van der Waals surface area contributed by atoms with Crippen molar-refractivity contribution in [1.29, 1.82) is 0 Å². The summed E-state index contributed by atoms with van der Waals surface area (Å²) in [7, 11) is 0. The lowest BCUT2D eigenvalue weighted by molar-refractivity contribution is 0.331. The number of allylic oxidation sites excluding steroid dienone is 2. The highest BCUT2D eigenvalue weighted by molar-refractivity contribution is 4.85. The summed E-state index contributed by atoms with van der Waals surface area (Å²) in [6.07, 6.45) is 4.00. The Labute approximate surface area is 56.8 Å². The first-order valence-electron chi connectivity index (χ1n) is 3.41. The third-order valence-corrected chi connectivity index (χ3v) is 1.64. The summed E-state index contributed by atoms with van der Waals surface area (Å²) in [5.74, 6) is 0.543. The summed E-state index contributed by atoms with van der Waals surface area (Å²) in [5.41, 5.74) is 0. The second-order valence-electron chi connectivity index (χ2n) is 2.52. The number of hydrogen-bond acceptors (Lipinski definition) is 0. The van der Waals surface area contributed by atoms with Crippen molar-refractivity contribution < 1.29 is 4.39 Å². The molecule has 0 unspecified atom stereocenters. The van der Waals surface area contributed by atoms with Crippen molar-refractivity contribution in [2.75, 3.05) is 6.67 Å². The minimum Gasteiger partial charge on any atom is -0.251 e. The van der Waals surface area contributed by atoms with Gasteiger partial charge in [-0.25, -0.2) is 0 Å². The first-order valence-corrected chi connectivity index (χ1v) is 3.41. The second-order valence-corrected chi connectivity index (χ2v) is 2.52. The maximum atomic E-state index is 11.9. The molecule has 0 radical (unpaired) electrons. The van der Waals surface area contributed by atoms with Gasteiger partial charge in [0.25, 0.3) is 0 Å². The third kappa shape index (κ3) is 3.28. The Kier molecular flexibility index (Phi) is 4.37. The van der Waals surface area contributed by atoms with E-state index in [-0.39, 0.29) is 12.6 Å². The molecule has 0 saturated carbocycles. The van der Waals surface area contributed by atoms with Crippen LogP contribution in [-0.4, -0.2) is 6.67 Å². The zero-order chi connectivity index (χ0) is 7.28. The van der Waals surface area contributed by atoms with E-state index in [4.69, 9.17) is 0 Å². The molecule has 1 heteroatoms. The molecule has 0 saturated heterocycles. The number of halogens is 1. The largest absolute Gasteiger partial charge is 0.251 e. The molecule has 54 valence electrons. The van der Waals surface area contributed by atoms with E-state index in [0.29, 0.717) is 5.92 Å². The maximum Gasteiger partial charge on any atom is 0.0925 e. The molecule has 0 aromatic carbocycles. The van der Waals surface area contributed by atoms with E-state index >= 15 is 0 Å². The van der Waals surface area contributed by atoms with Crippen molar-refractivity contribution in [3.63, 3.8) is 0 Å². The van der Waals surface area contributed by atoms with Gasteiger partial charge in [0.1, 0.15) is 0 Å². The number of rotatable bonds is 3. The fraction of sp³-hybridized carbons (Fsp3) is 0.750. The van der Waals surface area contributed by atoms with Gasteiger partial charge < -0.3 is 0 Å². The predicted octanol–water partition coefficient (Wildman–Crippen LogP) is 2.80. The summed E-state index contributed by atoms with van der Waals surface area (Å²) < 4.78 is 11.9. The van der Waals surface area contributed by atoms with Crippen LogP contribution in [0.3, 0.4) is 0 Å². The van der Waals surface area contributed by atoms with Crippen LogP contribution in [0.15, 0.2) is 12.2 Å². The van der Waals surface area contributed by atoms with Crippen molar-refractivity contribution >= 4 is 0 Å². The molecule has 0 aromatic rings. The van der Waals surface area contributed by atoms with Crippen LogP contribution in [0.4, 0.5) is 4.39 Å². The molecule has 0 rings (SSSR count). The lowest BCUT2D eigenvalue weighted by Crippen LogP contribution is -2.06. The minimum absolute atomic E-state index is 0.168. The lowest BCUT2D eigenvalue weighted by atomic mass is 9.97. The Balaban J connectivity index is 3.58. The molecule has 0 fully saturated rings. The van der Waals surface area contributed by atoms with Crippen LogP contribution in [0.5, 0.6) is 0 Å². The van der Waals surface area contributed by atoms with Crippen molar-refractivity contribution in [1.82, 2.24) is 0 Å². The summed E-state index contributed by atoms with van der Waals surface area (Å²) in [5, 5.41) is 0. The Morgan fingerprint density at radius 3 is 2.33 bits per heavy atom. The van der Waals surface area contributed by atoms with Crippen LogP contribution in [0.1, 0.15) is 20.8 Å². The van der Waals surface area contributed by atoms with Gasteiger partial charge >= 0.3 is 0 Å². The summed E-state index contributed by atoms with van der Waals surface area (Å²) in [4.78, 5) is 0. The standard InChI is InChI=1S/C8H15F/c1-4-5-7(2)8(3)6-9/h4-5,7-8H,6H2,1-3H3/b5-4+/t7-,8+/m0/s1. The van der Waals surface area contributed by atoms with Crippen molar-refractivity contribution in [3.05, 3.63) is 12.2 Å². The minimum atomic E-state index is -0.217. The molecule has 0 bridgehead atoms. The van der Waals surface area contributed by atoms with E-state index in [1.54, 1.807) is 0 Å². The molecule has 0 spiro atoms. The van der Waals surface area contributed by atoms with Gasteiger partial charge in [-0.1, -0.05) is 26.0 Å². The van der Waals surface area contributed by atoms with Gasteiger partial charge in [-0.15, -0.1) is 0 Å². The molecule has 0 aliphatic carbocycles. The monoisotopic (exact) mass is 130 g/mol. The molecular weight excluding hydrogens is 115 g/mol. The van der Waals surface area contributed by atoms with E-state index in [2.05, 4.69) is 0 Å². The molecular formula is C8H15F. The van der Waals surface area contributed by atoms with Gasteiger partial charge in [0.15, 0.2) is 0 Å². The molecule has 2 atom stereocenters.